The molecule has 0 saturated heterocycles. The molecule has 1 unspecified atom stereocenters. The predicted molar refractivity (Wildman–Crippen MR) is 80.7 cm³/mol. The molecule has 96 valence electrons. The SMILES string of the molecule is CNC(Cc1ccc(C)cc1)c1scc(C)c1Cl. The van der Waals surface area contributed by atoms with Gasteiger partial charge in [0.25, 0.3) is 0 Å². The molecule has 1 heterocycles. The molecule has 0 aliphatic rings. The van der Waals surface area contributed by atoms with Crippen LogP contribution >= 0.6 is 22.9 Å². The predicted octanol–water partition coefficient (Wildman–Crippen LogP) is 4.52. The number of hydrogen-bond acceptors (Lipinski definition) is 2. The molecule has 1 nitrogen and oxygen atoms in total. The molecule has 2 aromatic rings. The molecule has 0 radical (unpaired) electrons. The van der Waals surface area contributed by atoms with Crippen molar-refractivity contribution in [1.82, 2.24) is 5.32 Å². The van der Waals surface area contributed by atoms with Crippen molar-refractivity contribution in [3.63, 3.8) is 0 Å². The van der Waals surface area contributed by atoms with E-state index in [1.165, 1.54) is 21.6 Å². The van der Waals surface area contributed by atoms with Crippen LogP contribution in [0.15, 0.2) is 29.6 Å². The van der Waals surface area contributed by atoms with Crippen molar-refractivity contribution in [3.05, 3.63) is 56.2 Å². The molecular formula is C15H18ClNS. The van der Waals surface area contributed by atoms with E-state index in [-0.39, 0.29) is 0 Å². The molecule has 3 heteroatoms. The topological polar surface area (TPSA) is 12.0 Å². The fraction of sp³-hybridized carbons (Fsp3) is 0.333. The van der Waals surface area contributed by atoms with Gasteiger partial charge >= 0.3 is 0 Å². The van der Waals surface area contributed by atoms with Gasteiger partial charge in [-0.2, -0.15) is 0 Å². The lowest BCUT2D eigenvalue weighted by Crippen LogP contribution is -2.18. The third-order valence-corrected chi connectivity index (χ3v) is 4.98. The Morgan fingerprint density at radius 2 is 1.89 bits per heavy atom. The molecule has 18 heavy (non-hydrogen) atoms. The quantitative estimate of drug-likeness (QED) is 0.868. The summed E-state index contributed by atoms with van der Waals surface area (Å²) in [6.45, 7) is 4.17. The molecule has 1 aromatic heterocycles. The summed E-state index contributed by atoms with van der Waals surface area (Å²) in [5.41, 5.74) is 3.80. The van der Waals surface area contributed by atoms with Gasteiger partial charge < -0.3 is 5.32 Å². The van der Waals surface area contributed by atoms with Crippen LogP contribution in [0.25, 0.3) is 0 Å². The fourth-order valence-corrected chi connectivity index (χ4v) is 3.41. The number of hydrogen-bond donors (Lipinski definition) is 1. The van der Waals surface area contributed by atoms with Gasteiger partial charge in [-0.05, 0) is 43.8 Å². The maximum atomic E-state index is 6.34. The van der Waals surface area contributed by atoms with E-state index in [2.05, 4.69) is 48.8 Å². The van der Waals surface area contributed by atoms with Crippen molar-refractivity contribution < 1.29 is 0 Å². The molecular weight excluding hydrogens is 262 g/mol. The van der Waals surface area contributed by atoms with Gasteiger partial charge in [0.1, 0.15) is 0 Å². The van der Waals surface area contributed by atoms with Crippen LogP contribution in [0.2, 0.25) is 5.02 Å². The second kappa shape index (κ2) is 5.87. The van der Waals surface area contributed by atoms with Crippen molar-refractivity contribution >= 4 is 22.9 Å². The number of benzene rings is 1. The Balaban J connectivity index is 2.19. The highest BCUT2D eigenvalue weighted by Gasteiger charge is 2.16. The lowest BCUT2D eigenvalue weighted by Gasteiger charge is -2.15. The first-order valence-electron chi connectivity index (χ1n) is 6.08. The highest BCUT2D eigenvalue weighted by molar-refractivity contribution is 7.10. The van der Waals surface area contributed by atoms with Crippen molar-refractivity contribution in [2.75, 3.05) is 7.05 Å². The number of nitrogens with one attached hydrogen (secondary N) is 1. The van der Waals surface area contributed by atoms with Gasteiger partial charge in [-0.3, -0.25) is 0 Å². The molecule has 1 N–H and O–H groups in total. The van der Waals surface area contributed by atoms with Crippen molar-refractivity contribution in [1.29, 1.82) is 0 Å². The van der Waals surface area contributed by atoms with E-state index in [1.54, 1.807) is 11.3 Å². The summed E-state index contributed by atoms with van der Waals surface area (Å²) in [5.74, 6) is 0. The minimum atomic E-state index is 0.291. The van der Waals surface area contributed by atoms with Crippen LogP contribution in [-0.4, -0.2) is 7.05 Å². The Morgan fingerprint density at radius 3 is 2.39 bits per heavy atom. The highest BCUT2D eigenvalue weighted by Crippen LogP contribution is 2.33. The first kappa shape index (κ1) is 13.6. The minimum absolute atomic E-state index is 0.291. The van der Waals surface area contributed by atoms with Crippen LogP contribution < -0.4 is 5.32 Å². The summed E-state index contributed by atoms with van der Waals surface area (Å²) in [5, 5.41) is 6.39. The van der Waals surface area contributed by atoms with E-state index in [4.69, 9.17) is 11.6 Å². The summed E-state index contributed by atoms with van der Waals surface area (Å²) < 4.78 is 0. The zero-order valence-electron chi connectivity index (χ0n) is 11.0. The second-order valence-corrected chi connectivity index (χ2v) is 5.92. The van der Waals surface area contributed by atoms with Crippen molar-refractivity contribution in [2.45, 2.75) is 26.3 Å². The lowest BCUT2D eigenvalue weighted by atomic mass is 10.0. The zero-order valence-corrected chi connectivity index (χ0v) is 12.5. The van der Waals surface area contributed by atoms with Gasteiger partial charge in [0.15, 0.2) is 0 Å². The third-order valence-electron chi connectivity index (χ3n) is 3.15. The van der Waals surface area contributed by atoms with Crippen LogP contribution in [0, 0.1) is 13.8 Å². The molecule has 0 aliphatic heterocycles. The van der Waals surface area contributed by atoms with E-state index < -0.39 is 0 Å². The summed E-state index contributed by atoms with van der Waals surface area (Å²) in [6.07, 6.45) is 0.969. The average molecular weight is 280 g/mol. The van der Waals surface area contributed by atoms with Crippen LogP contribution in [0.4, 0.5) is 0 Å². The Morgan fingerprint density at radius 1 is 1.22 bits per heavy atom. The maximum absolute atomic E-state index is 6.34. The molecule has 0 bridgehead atoms. The average Bonchev–Trinajstić information content (AvgIpc) is 2.70. The Labute approximate surface area is 118 Å². The van der Waals surface area contributed by atoms with E-state index in [9.17, 15) is 0 Å². The molecule has 2 rings (SSSR count). The Bertz CT molecular complexity index is 516. The van der Waals surface area contributed by atoms with E-state index >= 15 is 0 Å². The standard InChI is InChI=1S/C15H18ClNS/c1-10-4-6-12(7-5-10)8-13(17-3)15-14(16)11(2)9-18-15/h4-7,9,13,17H,8H2,1-3H3. The Kier molecular flexibility index (Phi) is 4.44. The van der Waals surface area contributed by atoms with Crippen LogP contribution in [0.1, 0.15) is 27.6 Å². The summed E-state index contributed by atoms with van der Waals surface area (Å²) >= 11 is 8.08. The normalized spacial score (nSPS) is 12.7. The molecule has 0 spiro atoms. The van der Waals surface area contributed by atoms with Gasteiger partial charge in [-0.25, -0.2) is 0 Å². The number of thiophene rings is 1. The van der Waals surface area contributed by atoms with Gasteiger partial charge in [-0.15, -0.1) is 11.3 Å². The van der Waals surface area contributed by atoms with Gasteiger partial charge in [0.05, 0.1) is 5.02 Å². The van der Waals surface area contributed by atoms with E-state index in [1.807, 2.05) is 7.05 Å². The second-order valence-electron chi connectivity index (χ2n) is 4.63. The fourth-order valence-electron chi connectivity index (χ4n) is 1.97. The van der Waals surface area contributed by atoms with Gasteiger partial charge in [0, 0.05) is 10.9 Å². The summed E-state index contributed by atoms with van der Waals surface area (Å²) in [7, 11) is 1.99. The summed E-state index contributed by atoms with van der Waals surface area (Å²) in [6, 6.07) is 8.98. The van der Waals surface area contributed by atoms with Gasteiger partial charge in [0.2, 0.25) is 0 Å². The minimum Gasteiger partial charge on any atom is -0.312 e. The Hall–Kier alpha value is -0.830. The molecule has 1 atom stereocenters. The largest absolute Gasteiger partial charge is 0.312 e. The zero-order chi connectivity index (χ0) is 13.1. The van der Waals surface area contributed by atoms with Crippen LogP contribution in [0.5, 0.6) is 0 Å². The van der Waals surface area contributed by atoms with Gasteiger partial charge in [-0.1, -0.05) is 41.4 Å². The monoisotopic (exact) mass is 279 g/mol. The molecule has 0 fully saturated rings. The smallest absolute Gasteiger partial charge is 0.0590 e. The third kappa shape index (κ3) is 2.94. The molecule has 0 amide bonds. The number of halogens is 1. The van der Waals surface area contributed by atoms with Crippen LogP contribution in [-0.2, 0) is 6.42 Å². The van der Waals surface area contributed by atoms with Crippen molar-refractivity contribution in [2.24, 2.45) is 0 Å². The first-order chi connectivity index (χ1) is 8.61. The molecule has 1 aromatic carbocycles. The molecule has 0 aliphatic carbocycles. The first-order valence-corrected chi connectivity index (χ1v) is 7.34. The number of aryl methyl sites for hydroxylation is 2. The van der Waals surface area contributed by atoms with E-state index in [0.29, 0.717) is 6.04 Å². The van der Waals surface area contributed by atoms with Crippen LogP contribution in [0.3, 0.4) is 0 Å². The maximum Gasteiger partial charge on any atom is 0.0590 e. The molecule has 0 saturated carbocycles. The van der Waals surface area contributed by atoms with Crippen molar-refractivity contribution in [3.8, 4) is 0 Å². The lowest BCUT2D eigenvalue weighted by molar-refractivity contribution is 0.602. The van der Waals surface area contributed by atoms with E-state index in [0.717, 1.165) is 11.4 Å². The highest BCUT2D eigenvalue weighted by atomic mass is 35.5. The summed E-state index contributed by atoms with van der Waals surface area (Å²) in [4.78, 5) is 1.23. The number of likely N-dealkylation sites (N-methyl/N-ethyl adjacent to an activating group) is 1. The number of rotatable bonds is 4.